The molecule has 2 heterocycles. The second-order valence-electron chi connectivity index (χ2n) is 16.1. The van der Waals surface area contributed by atoms with Gasteiger partial charge in [-0.05, 0) is 104 Å². The molecule has 0 amide bonds. The number of benzene rings is 9. The monoisotopic (exact) mass is 726 g/mol. The Morgan fingerprint density at radius 1 is 0.368 bits per heavy atom. The Morgan fingerprint density at radius 3 is 1.79 bits per heavy atom. The molecule has 11 aromatic rings. The molecular weight excluding hydrogens is 689 g/mol. The maximum atomic E-state index is 2.51. The van der Waals surface area contributed by atoms with Crippen LogP contribution in [0.4, 0.5) is 0 Å². The highest BCUT2D eigenvalue weighted by atomic mass is 15.0. The molecule has 1 aliphatic rings. The molecular formula is C55H38N2. The molecule has 0 aliphatic heterocycles. The van der Waals surface area contributed by atoms with Crippen LogP contribution in [-0.4, -0.2) is 9.13 Å². The van der Waals surface area contributed by atoms with Gasteiger partial charge in [0.2, 0.25) is 0 Å². The summed E-state index contributed by atoms with van der Waals surface area (Å²) in [5.41, 5.74) is 17.5. The van der Waals surface area contributed by atoms with Gasteiger partial charge in [-0.25, -0.2) is 0 Å². The quantitative estimate of drug-likeness (QED) is 0.171. The number of hydrogen-bond donors (Lipinski definition) is 0. The van der Waals surface area contributed by atoms with Crippen molar-refractivity contribution in [3.05, 3.63) is 205 Å². The van der Waals surface area contributed by atoms with Crippen LogP contribution in [0.15, 0.2) is 194 Å². The predicted octanol–water partition coefficient (Wildman–Crippen LogP) is 14.7. The van der Waals surface area contributed by atoms with Crippen molar-refractivity contribution in [2.24, 2.45) is 0 Å². The van der Waals surface area contributed by atoms with Gasteiger partial charge in [0.1, 0.15) is 0 Å². The highest BCUT2D eigenvalue weighted by Crippen LogP contribution is 2.53. The van der Waals surface area contributed by atoms with Gasteiger partial charge in [0.25, 0.3) is 0 Å². The van der Waals surface area contributed by atoms with E-state index < -0.39 is 0 Å². The van der Waals surface area contributed by atoms with Gasteiger partial charge in [0.15, 0.2) is 0 Å². The van der Waals surface area contributed by atoms with Gasteiger partial charge in [0, 0.05) is 38.0 Å². The summed E-state index contributed by atoms with van der Waals surface area (Å²) in [6.07, 6.45) is 0. The molecule has 0 atom stereocenters. The first-order valence-corrected chi connectivity index (χ1v) is 19.9. The van der Waals surface area contributed by atoms with Gasteiger partial charge in [-0.3, -0.25) is 0 Å². The van der Waals surface area contributed by atoms with Crippen molar-refractivity contribution < 1.29 is 0 Å². The Kier molecular flexibility index (Phi) is 6.72. The molecule has 2 heteroatoms. The molecule has 9 aromatic carbocycles. The van der Waals surface area contributed by atoms with Gasteiger partial charge in [-0.2, -0.15) is 0 Å². The van der Waals surface area contributed by atoms with Crippen LogP contribution in [0, 0.1) is 0 Å². The van der Waals surface area contributed by atoms with E-state index in [4.69, 9.17) is 0 Å². The standard InChI is InChI=1S/C55H38N2/c1-55(2)47-20-10-8-18-42(47)44-29-32-52-53(54(44)55)46-34-39(26-31-51(46)57(52)48-22-12-16-37-15-6-7-17-41(37)48)38-25-30-50-45(33-38)43-19-9-11-21-49(43)56(50)40-27-23-36(24-28-40)35-13-4-3-5-14-35/h3-34H,1-2H3. The van der Waals surface area contributed by atoms with E-state index in [-0.39, 0.29) is 5.41 Å². The van der Waals surface area contributed by atoms with Crippen LogP contribution < -0.4 is 0 Å². The molecule has 0 N–H and O–H groups in total. The lowest BCUT2D eigenvalue weighted by Crippen LogP contribution is -2.15. The third-order valence-corrected chi connectivity index (χ3v) is 12.7. The molecule has 268 valence electrons. The Bertz CT molecular complexity index is 3410. The van der Waals surface area contributed by atoms with Crippen LogP contribution in [-0.2, 0) is 5.41 Å². The van der Waals surface area contributed by atoms with Crippen molar-refractivity contribution in [3.8, 4) is 44.8 Å². The van der Waals surface area contributed by atoms with E-state index in [9.17, 15) is 0 Å². The van der Waals surface area contributed by atoms with E-state index >= 15 is 0 Å². The van der Waals surface area contributed by atoms with Gasteiger partial charge in [0.05, 0.1) is 27.8 Å². The highest BCUT2D eigenvalue weighted by Gasteiger charge is 2.38. The first-order valence-electron chi connectivity index (χ1n) is 19.9. The summed E-state index contributed by atoms with van der Waals surface area (Å²) >= 11 is 0. The third kappa shape index (κ3) is 4.59. The van der Waals surface area contributed by atoms with E-state index in [1.54, 1.807) is 0 Å². The molecule has 2 aromatic heterocycles. The second kappa shape index (κ2) is 11.9. The predicted molar refractivity (Wildman–Crippen MR) is 241 cm³/mol. The molecule has 0 saturated heterocycles. The normalized spacial score (nSPS) is 13.2. The number of fused-ring (bicyclic) bond motifs is 11. The van der Waals surface area contributed by atoms with Crippen LogP contribution >= 0.6 is 0 Å². The molecule has 12 rings (SSSR count). The fraction of sp³-hybridized carbons (Fsp3) is 0.0545. The molecule has 57 heavy (non-hydrogen) atoms. The number of aromatic nitrogens is 2. The van der Waals surface area contributed by atoms with Crippen LogP contribution in [0.1, 0.15) is 25.0 Å². The first kappa shape index (κ1) is 32.1. The van der Waals surface area contributed by atoms with E-state index in [0.717, 1.165) is 5.69 Å². The van der Waals surface area contributed by atoms with Crippen LogP contribution in [0.25, 0.3) is 99.1 Å². The van der Waals surface area contributed by atoms with Crippen molar-refractivity contribution in [2.75, 3.05) is 0 Å². The number of rotatable bonds is 4. The van der Waals surface area contributed by atoms with Crippen LogP contribution in [0.5, 0.6) is 0 Å². The van der Waals surface area contributed by atoms with E-state index in [0.29, 0.717) is 0 Å². The molecule has 0 radical (unpaired) electrons. The molecule has 0 unspecified atom stereocenters. The lowest BCUT2D eigenvalue weighted by Gasteiger charge is -2.22. The Balaban J connectivity index is 1.08. The lowest BCUT2D eigenvalue weighted by molar-refractivity contribution is 0.666. The Morgan fingerprint density at radius 2 is 0.965 bits per heavy atom. The number of nitrogens with zero attached hydrogens (tertiary/aromatic N) is 2. The summed E-state index contributed by atoms with van der Waals surface area (Å²) in [7, 11) is 0. The molecule has 2 nitrogen and oxygen atoms in total. The SMILES string of the molecule is CC1(C)c2ccccc2-c2ccc3c(c21)c1cc(-c2ccc4c(c2)c2ccccc2n4-c2ccc(-c4ccccc4)cc2)ccc1n3-c1cccc2ccccc12. The molecule has 0 spiro atoms. The second-order valence-corrected chi connectivity index (χ2v) is 16.1. The first-order chi connectivity index (χ1) is 28.0. The number of hydrogen-bond acceptors (Lipinski definition) is 0. The summed E-state index contributed by atoms with van der Waals surface area (Å²) in [4.78, 5) is 0. The zero-order valence-electron chi connectivity index (χ0n) is 31.9. The van der Waals surface area contributed by atoms with Crippen molar-refractivity contribution in [1.82, 2.24) is 9.13 Å². The summed E-state index contributed by atoms with van der Waals surface area (Å²) in [6.45, 7) is 4.81. The molecule has 1 aliphatic carbocycles. The van der Waals surface area contributed by atoms with E-state index in [1.165, 1.54) is 105 Å². The molecule has 0 bridgehead atoms. The summed E-state index contributed by atoms with van der Waals surface area (Å²) in [6, 6.07) is 71.7. The van der Waals surface area contributed by atoms with Crippen molar-refractivity contribution in [1.29, 1.82) is 0 Å². The van der Waals surface area contributed by atoms with E-state index in [1.807, 2.05) is 0 Å². The topological polar surface area (TPSA) is 9.86 Å². The average molecular weight is 727 g/mol. The zero-order valence-corrected chi connectivity index (χ0v) is 31.9. The summed E-state index contributed by atoms with van der Waals surface area (Å²) < 4.78 is 4.92. The smallest absolute Gasteiger partial charge is 0.0544 e. The summed E-state index contributed by atoms with van der Waals surface area (Å²) in [5.74, 6) is 0. The van der Waals surface area contributed by atoms with Crippen LogP contribution in [0.2, 0.25) is 0 Å². The van der Waals surface area contributed by atoms with Gasteiger partial charge in [-0.1, -0.05) is 153 Å². The van der Waals surface area contributed by atoms with Crippen molar-refractivity contribution in [2.45, 2.75) is 19.3 Å². The van der Waals surface area contributed by atoms with Gasteiger partial charge < -0.3 is 9.13 Å². The molecule has 0 saturated carbocycles. The molecule has 0 fully saturated rings. The Hall–Kier alpha value is -7.16. The highest BCUT2D eigenvalue weighted by molar-refractivity contribution is 6.17. The van der Waals surface area contributed by atoms with Gasteiger partial charge >= 0.3 is 0 Å². The summed E-state index contributed by atoms with van der Waals surface area (Å²) in [5, 5.41) is 7.64. The zero-order chi connectivity index (χ0) is 37.8. The fourth-order valence-electron chi connectivity index (χ4n) is 10.1. The van der Waals surface area contributed by atoms with Crippen LogP contribution in [0.3, 0.4) is 0 Å². The number of para-hydroxylation sites is 1. The minimum atomic E-state index is -0.153. The maximum absolute atomic E-state index is 2.51. The maximum Gasteiger partial charge on any atom is 0.0544 e. The average Bonchev–Trinajstić information content (AvgIpc) is 3.86. The lowest BCUT2D eigenvalue weighted by atomic mass is 9.80. The third-order valence-electron chi connectivity index (χ3n) is 12.7. The minimum Gasteiger partial charge on any atom is -0.309 e. The van der Waals surface area contributed by atoms with Gasteiger partial charge in [-0.15, -0.1) is 0 Å². The Labute approximate surface area is 331 Å². The van der Waals surface area contributed by atoms with Crippen molar-refractivity contribution in [3.63, 3.8) is 0 Å². The minimum absolute atomic E-state index is 0.153. The van der Waals surface area contributed by atoms with E-state index in [2.05, 4.69) is 217 Å². The fourth-order valence-corrected chi connectivity index (χ4v) is 10.1. The largest absolute Gasteiger partial charge is 0.309 e. The van der Waals surface area contributed by atoms with Crippen molar-refractivity contribution >= 4 is 54.4 Å².